The fourth-order valence-electron chi connectivity index (χ4n) is 3.27. The quantitative estimate of drug-likeness (QED) is 0.485. The molecule has 1 heterocycles. The summed E-state index contributed by atoms with van der Waals surface area (Å²) in [7, 11) is 1.55. The highest BCUT2D eigenvalue weighted by Crippen LogP contribution is 2.42. The van der Waals surface area contributed by atoms with Gasteiger partial charge in [-0.15, -0.1) is 0 Å². The van der Waals surface area contributed by atoms with Crippen molar-refractivity contribution in [3.63, 3.8) is 0 Å². The summed E-state index contributed by atoms with van der Waals surface area (Å²) in [5, 5.41) is 0.609. The summed E-state index contributed by atoms with van der Waals surface area (Å²) < 4.78 is 5.47. The van der Waals surface area contributed by atoms with E-state index in [2.05, 4.69) is 0 Å². The number of benzene rings is 3. The van der Waals surface area contributed by atoms with Crippen molar-refractivity contribution >= 4 is 40.8 Å². The number of amides is 2. The first-order valence-corrected chi connectivity index (χ1v) is 10.5. The van der Waals surface area contributed by atoms with Crippen LogP contribution in [0.2, 0.25) is 5.02 Å². The predicted molar refractivity (Wildman–Crippen MR) is 119 cm³/mol. The van der Waals surface area contributed by atoms with Crippen LogP contribution >= 0.6 is 23.4 Å². The van der Waals surface area contributed by atoms with Crippen molar-refractivity contribution in [3.8, 4) is 5.75 Å². The normalized spacial score (nSPS) is 13.9. The molecule has 0 saturated carbocycles. The molecule has 0 atom stereocenters. The number of methoxy groups -OCH3 is 1. The van der Waals surface area contributed by atoms with E-state index in [4.69, 9.17) is 16.3 Å². The smallest absolute Gasteiger partial charge is 0.268 e. The van der Waals surface area contributed by atoms with Crippen LogP contribution in [0.5, 0.6) is 5.75 Å². The second-order valence-corrected chi connectivity index (χ2v) is 8.16. The Balaban J connectivity index is 1.78. The van der Waals surface area contributed by atoms with Gasteiger partial charge in [0, 0.05) is 15.5 Å². The van der Waals surface area contributed by atoms with Gasteiger partial charge in [0.05, 0.1) is 24.1 Å². The van der Waals surface area contributed by atoms with E-state index in [-0.39, 0.29) is 18.4 Å². The van der Waals surface area contributed by atoms with Gasteiger partial charge in [-0.25, -0.2) is 0 Å². The summed E-state index contributed by atoms with van der Waals surface area (Å²) >= 11 is 7.25. The van der Waals surface area contributed by atoms with Crippen LogP contribution in [0.25, 0.3) is 5.57 Å². The Morgan fingerprint density at radius 3 is 2.23 bits per heavy atom. The first kappa shape index (κ1) is 20.3. The molecule has 150 valence electrons. The molecule has 1 aliphatic rings. The molecule has 4 rings (SSSR count). The third kappa shape index (κ3) is 3.99. The van der Waals surface area contributed by atoms with E-state index in [0.29, 0.717) is 26.8 Å². The summed E-state index contributed by atoms with van der Waals surface area (Å²) in [6.07, 6.45) is 0. The second-order valence-electron chi connectivity index (χ2n) is 6.64. The topological polar surface area (TPSA) is 46.6 Å². The van der Waals surface area contributed by atoms with Crippen molar-refractivity contribution in [1.82, 2.24) is 4.90 Å². The summed E-state index contributed by atoms with van der Waals surface area (Å²) in [6, 6.07) is 23.9. The maximum absolute atomic E-state index is 13.4. The van der Waals surface area contributed by atoms with Crippen LogP contribution < -0.4 is 4.74 Å². The molecule has 0 unspecified atom stereocenters. The number of ether oxygens (including phenoxy) is 1. The molecule has 0 aliphatic carbocycles. The lowest BCUT2D eigenvalue weighted by Crippen LogP contribution is -2.30. The lowest BCUT2D eigenvalue weighted by Gasteiger charge is -2.15. The number of hydrogen-bond donors (Lipinski definition) is 0. The van der Waals surface area contributed by atoms with Crippen LogP contribution in [0.4, 0.5) is 0 Å². The van der Waals surface area contributed by atoms with Crippen LogP contribution in [0.3, 0.4) is 0 Å². The fraction of sp³-hybridized carbons (Fsp3) is 0.0833. The molecule has 0 saturated heterocycles. The Bertz CT molecular complexity index is 1130. The fourth-order valence-corrected chi connectivity index (χ4v) is 4.40. The second kappa shape index (κ2) is 8.78. The molecular weight excluding hydrogens is 418 g/mol. The molecule has 4 nitrogen and oxygen atoms in total. The van der Waals surface area contributed by atoms with Gasteiger partial charge in [0.1, 0.15) is 5.75 Å². The minimum absolute atomic E-state index is 0.210. The Morgan fingerprint density at radius 2 is 1.53 bits per heavy atom. The highest BCUT2D eigenvalue weighted by Gasteiger charge is 2.40. The van der Waals surface area contributed by atoms with Gasteiger partial charge in [-0.2, -0.15) is 0 Å². The number of nitrogens with zero attached hydrogens (tertiary/aromatic N) is 1. The summed E-state index contributed by atoms with van der Waals surface area (Å²) in [6.45, 7) is 0.210. The minimum atomic E-state index is -0.329. The molecule has 30 heavy (non-hydrogen) atoms. The molecule has 3 aromatic carbocycles. The summed E-state index contributed by atoms with van der Waals surface area (Å²) in [5.41, 5.74) is 1.84. The van der Waals surface area contributed by atoms with E-state index in [0.717, 1.165) is 10.5 Å². The molecule has 0 radical (unpaired) electrons. The van der Waals surface area contributed by atoms with Crippen LogP contribution in [0, 0.1) is 0 Å². The average Bonchev–Trinajstić information content (AvgIpc) is 3.00. The molecule has 0 aromatic heterocycles. The van der Waals surface area contributed by atoms with Crippen LogP contribution in [0.1, 0.15) is 11.1 Å². The van der Waals surface area contributed by atoms with E-state index in [1.807, 2.05) is 54.6 Å². The first-order chi connectivity index (χ1) is 14.6. The zero-order chi connectivity index (χ0) is 21.1. The van der Waals surface area contributed by atoms with Crippen molar-refractivity contribution in [2.24, 2.45) is 0 Å². The van der Waals surface area contributed by atoms with Gasteiger partial charge in [0.2, 0.25) is 0 Å². The number of carbonyl (C=O) groups excluding carboxylic acids is 2. The number of halogens is 1. The highest BCUT2D eigenvalue weighted by molar-refractivity contribution is 8.04. The molecular formula is C24H18ClNO3S. The number of thioether (sulfide) groups is 1. The number of para-hydroxylation sites is 1. The van der Waals surface area contributed by atoms with Gasteiger partial charge in [0.25, 0.3) is 11.8 Å². The Labute approximate surface area is 184 Å². The zero-order valence-corrected chi connectivity index (χ0v) is 17.7. The van der Waals surface area contributed by atoms with Gasteiger partial charge < -0.3 is 4.74 Å². The minimum Gasteiger partial charge on any atom is -0.496 e. The van der Waals surface area contributed by atoms with Gasteiger partial charge in [-0.1, -0.05) is 71.9 Å². The highest BCUT2D eigenvalue weighted by atomic mass is 35.5. The standard InChI is InChI=1S/C24H18ClNO3S/c1-29-20-10-6-5-9-19(20)21-22(30-18-13-11-17(25)12-14-18)24(28)26(23(21)27)15-16-7-3-2-4-8-16/h2-14H,15H2,1H3. The lowest BCUT2D eigenvalue weighted by atomic mass is 10.0. The van der Waals surface area contributed by atoms with Crippen molar-refractivity contribution < 1.29 is 14.3 Å². The van der Waals surface area contributed by atoms with Crippen molar-refractivity contribution in [1.29, 1.82) is 0 Å². The largest absolute Gasteiger partial charge is 0.496 e. The SMILES string of the molecule is COc1ccccc1C1=C(Sc2ccc(Cl)cc2)C(=O)N(Cc2ccccc2)C1=O. The van der Waals surface area contributed by atoms with Crippen molar-refractivity contribution in [2.45, 2.75) is 11.4 Å². The molecule has 0 bridgehead atoms. The Kier molecular flexibility index (Phi) is 5.93. The van der Waals surface area contributed by atoms with E-state index in [1.165, 1.54) is 16.7 Å². The molecule has 0 spiro atoms. The maximum Gasteiger partial charge on any atom is 0.268 e. The number of hydrogen-bond acceptors (Lipinski definition) is 4. The van der Waals surface area contributed by atoms with Crippen LogP contribution in [-0.2, 0) is 16.1 Å². The molecule has 0 fully saturated rings. The molecule has 0 N–H and O–H groups in total. The Hall–Kier alpha value is -3.02. The van der Waals surface area contributed by atoms with E-state index in [1.54, 1.807) is 31.4 Å². The van der Waals surface area contributed by atoms with E-state index < -0.39 is 0 Å². The number of carbonyl (C=O) groups is 2. The van der Waals surface area contributed by atoms with Crippen molar-refractivity contribution in [2.75, 3.05) is 7.11 Å². The summed E-state index contributed by atoms with van der Waals surface area (Å²) in [4.78, 5) is 29.2. The average molecular weight is 436 g/mol. The van der Waals surface area contributed by atoms with E-state index >= 15 is 0 Å². The summed E-state index contributed by atoms with van der Waals surface area (Å²) in [5.74, 6) is -0.0982. The van der Waals surface area contributed by atoms with Gasteiger partial charge >= 0.3 is 0 Å². The van der Waals surface area contributed by atoms with Crippen LogP contribution in [-0.4, -0.2) is 23.8 Å². The zero-order valence-electron chi connectivity index (χ0n) is 16.2. The molecule has 1 aliphatic heterocycles. The molecule has 2 amide bonds. The molecule has 6 heteroatoms. The van der Waals surface area contributed by atoms with Gasteiger partial charge in [0.15, 0.2) is 0 Å². The molecule has 3 aromatic rings. The lowest BCUT2D eigenvalue weighted by molar-refractivity contribution is -0.137. The van der Waals surface area contributed by atoms with E-state index in [9.17, 15) is 9.59 Å². The number of rotatable bonds is 6. The number of imide groups is 1. The first-order valence-electron chi connectivity index (χ1n) is 9.29. The maximum atomic E-state index is 13.4. The van der Waals surface area contributed by atoms with Gasteiger partial charge in [-0.3, -0.25) is 14.5 Å². The Morgan fingerprint density at radius 1 is 0.867 bits per heavy atom. The monoisotopic (exact) mass is 435 g/mol. The van der Waals surface area contributed by atoms with Gasteiger partial charge in [-0.05, 0) is 35.9 Å². The predicted octanol–water partition coefficient (Wildman–Crippen LogP) is 5.42. The third-order valence-corrected chi connectivity index (χ3v) is 6.06. The van der Waals surface area contributed by atoms with Crippen molar-refractivity contribution in [3.05, 3.63) is 99.9 Å². The van der Waals surface area contributed by atoms with Crippen LogP contribution in [0.15, 0.2) is 88.7 Å². The third-order valence-electron chi connectivity index (χ3n) is 4.72.